The second kappa shape index (κ2) is 5.28. The number of likely N-dealkylation sites (N-methyl/N-ethyl adjacent to an activating group) is 1. The first-order chi connectivity index (χ1) is 7.33. The molecule has 2 saturated heterocycles. The van der Waals surface area contributed by atoms with Gasteiger partial charge in [0.15, 0.2) is 0 Å². The lowest BCUT2D eigenvalue weighted by Gasteiger charge is -2.30. The van der Waals surface area contributed by atoms with E-state index in [2.05, 4.69) is 17.1 Å². The van der Waals surface area contributed by atoms with Gasteiger partial charge in [0.25, 0.3) is 0 Å². The van der Waals surface area contributed by atoms with Gasteiger partial charge in [-0.1, -0.05) is 6.92 Å². The third kappa shape index (κ3) is 2.52. The molecule has 3 unspecified atom stereocenters. The molecule has 2 aliphatic heterocycles. The number of nitrogens with zero attached hydrogens (tertiary/aromatic N) is 1. The van der Waals surface area contributed by atoms with Crippen molar-refractivity contribution in [3.8, 4) is 0 Å². The molecule has 0 aromatic carbocycles. The molecule has 0 radical (unpaired) electrons. The SMILES string of the molecule is CNCCN1CCCC1C1OCCC1C. The van der Waals surface area contributed by atoms with E-state index >= 15 is 0 Å². The summed E-state index contributed by atoms with van der Waals surface area (Å²) in [7, 11) is 2.03. The Hall–Kier alpha value is -0.120. The van der Waals surface area contributed by atoms with Crippen LogP contribution in [0, 0.1) is 5.92 Å². The van der Waals surface area contributed by atoms with Gasteiger partial charge in [-0.2, -0.15) is 0 Å². The molecular formula is C12H24N2O. The van der Waals surface area contributed by atoms with Crippen molar-refractivity contribution < 1.29 is 4.74 Å². The highest BCUT2D eigenvalue weighted by atomic mass is 16.5. The van der Waals surface area contributed by atoms with E-state index < -0.39 is 0 Å². The van der Waals surface area contributed by atoms with Crippen LogP contribution >= 0.6 is 0 Å². The van der Waals surface area contributed by atoms with Crippen LogP contribution in [0.25, 0.3) is 0 Å². The van der Waals surface area contributed by atoms with Gasteiger partial charge in [-0.15, -0.1) is 0 Å². The predicted molar refractivity (Wildman–Crippen MR) is 62.0 cm³/mol. The maximum atomic E-state index is 5.90. The zero-order valence-electron chi connectivity index (χ0n) is 10.0. The Morgan fingerprint density at radius 3 is 2.93 bits per heavy atom. The lowest BCUT2D eigenvalue weighted by molar-refractivity contribution is 0.0259. The van der Waals surface area contributed by atoms with Gasteiger partial charge in [0.05, 0.1) is 6.10 Å². The molecule has 15 heavy (non-hydrogen) atoms. The van der Waals surface area contributed by atoms with E-state index in [1.807, 2.05) is 7.05 Å². The molecule has 0 bridgehead atoms. The van der Waals surface area contributed by atoms with E-state index in [1.54, 1.807) is 0 Å². The number of hydrogen-bond donors (Lipinski definition) is 1. The molecule has 2 heterocycles. The molecule has 0 spiro atoms. The molecule has 2 aliphatic rings. The van der Waals surface area contributed by atoms with Crippen molar-refractivity contribution in [2.24, 2.45) is 5.92 Å². The van der Waals surface area contributed by atoms with Crippen molar-refractivity contribution in [2.75, 3.05) is 33.3 Å². The Labute approximate surface area is 93.2 Å². The van der Waals surface area contributed by atoms with Crippen molar-refractivity contribution in [2.45, 2.75) is 38.3 Å². The Morgan fingerprint density at radius 2 is 2.27 bits per heavy atom. The molecule has 0 aromatic rings. The highest BCUT2D eigenvalue weighted by molar-refractivity contribution is 4.90. The van der Waals surface area contributed by atoms with Crippen LogP contribution in [-0.4, -0.2) is 50.3 Å². The highest BCUT2D eigenvalue weighted by Crippen LogP contribution is 2.31. The van der Waals surface area contributed by atoms with Crippen molar-refractivity contribution in [3.05, 3.63) is 0 Å². The van der Waals surface area contributed by atoms with Gasteiger partial charge in [0, 0.05) is 25.7 Å². The van der Waals surface area contributed by atoms with Gasteiger partial charge in [-0.3, -0.25) is 4.90 Å². The fraction of sp³-hybridized carbons (Fsp3) is 1.00. The standard InChI is InChI=1S/C12H24N2O/c1-10-5-9-15-12(10)11-4-3-7-14(11)8-6-13-2/h10-13H,3-9H2,1-2H3. The first-order valence-corrected chi connectivity index (χ1v) is 6.33. The average molecular weight is 212 g/mol. The predicted octanol–water partition coefficient (Wildman–Crippen LogP) is 1.10. The molecule has 3 nitrogen and oxygen atoms in total. The van der Waals surface area contributed by atoms with Gasteiger partial charge in [-0.25, -0.2) is 0 Å². The first-order valence-electron chi connectivity index (χ1n) is 6.33. The van der Waals surface area contributed by atoms with Crippen LogP contribution in [0.3, 0.4) is 0 Å². The summed E-state index contributed by atoms with van der Waals surface area (Å²) in [6.07, 6.45) is 4.44. The number of rotatable bonds is 4. The lowest BCUT2D eigenvalue weighted by atomic mass is 9.96. The van der Waals surface area contributed by atoms with Crippen molar-refractivity contribution in [1.82, 2.24) is 10.2 Å². The van der Waals surface area contributed by atoms with Gasteiger partial charge >= 0.3 is 0 Å². The topological polar surface area (TPSA) is 24.5 Å². The van der Waals surface area contributed by atoms with Crippen LogP contribution < -0.4 is 5.32 Å². The lowest BCUT2D eigenvalue weighted by Crippen LogP contribution is -2.43. The molecule has 1 N–H and O–H groups in total. The number of nitrogens with one attached hydrogen (secondary N) is 1. The van der Waals surface area contributed by atoms with E-state index in [0.29, 0.717) is 12.1 Å². The van der Waals surface area contributed by atoms with E-state index in [4.69, 9.17) is 4.74 Å². The summed E-state index contributed by atoms with van der Waals surface area (Å²) in [5, 5.41) is 3.23. The normalized spacial score (nSPS) is 37.6. The first kappa shape index (κ1) is 11.4. The summed E-state index contributed by atoms with van der Waals surface area (Å²) >= 11 is 0. The zero-order valence-corrected chi connectivity index (χ0v) is 10.0. The van der Waals surface area contributed by atoms with Gasteiger partial charge < -0.3 is 10.1 Å². The number of hydrogen-bond acceptors (Lipinski definition) is 3. The monoisotopic (exact) mass is 212 g/mol. The summed E-state index contributed by atoms with van der Waals surface area (Å²) in [5.74, 6) is 0.755. The minimum absolute atomic E-state index is 0.504. The molecule has 0 saturated carbocycles. The van der Waals surface area contributed by atoms with Crippen LogP contribution in [0.1, 0.15) is 26.2 Å². The van der Waals surface area contributed by atoms with Crippen LogP contribution in [0.4, 0.5) is 0 Å². The molecule has 3 atom stereocenters. The Bertz CT molecular complexity index is 198. The van der Waals surface area contributed by atoms with Crippen molar-refractivity contribution in [1.29, 1.82) is 0 Å². The Balaban J connectivity index is 1.89. The third-order valence-corrected chi connectivity index (χ3v) is 3.89. The second-order valence-corrected chi connectivity index (χ2v) is 4.95. The molecule has 2 rings (SSSR count). The van der Waals surface area contributed by atoms with Crippen LogP contribution in [0.5, 0.6) is 0 Å². The van der Waals surface area contributed by atoms with E-state index in [0.717, 1.165) is 19.1 Å². The minimum atomic E-state index is 0.504. The van der Waals surface area contributed by atoms with Gasteiger partial charge in [0.1, 0.15) is 0 Å². The maximum Gasteiger partial charge on any atom is 0.0756 e. The summed E-state index contributed by atoms with van der Waals surface area (Å²) < 4.78 is 5.90. The zero-order chi connectivity index (χ0) is 10.7. The smallest absolute Gasteiger partial charge is 0.0756 e. The largest absolute Gasteiger partial charge is 0.376 e. The summed E-state index contributed by atoms with van der Waals surface area (Å²) in [5.41, 5.74) is 0. The van der Waals surface area contributed by atoms with Crippen LogP contribution in [-0.2, 0) is 4.74 Å². The van der Waals surface area contributed by atoms with Crippen molar-refractivity contribution in [3.63, 3.8) is 0 Å². The summed E-state index contributed by atoms with van der Waals surface area (Å²) in [4.78, 5) is 2.61. The highest BCUT2D eigenvalue weighted by Gasteiger charge is 2.37. The van der Waals surface area contributed by atoms with Crippen LogP contribution in [0.15, 0.2) is 0 Å². The molecule has 0 aliphatic carbocycles. The van der Waals surface area contributed by atoms with Crippen molar-refractivity contribution >= 4 is 0 Å². The van der Waals surface area contributed by atoms with Gasteiger partial charge in [0.2, 0.25) is 0 Å². The van der Waals surface area contributed by atoms with E-state index in [9.17, 15) is 0 Å². The fourth-order valence-corrected chi connectivity index (χ4v) is 2.97. The van der Waals surface area contributed by atoms with E-state index in [-0.39, 0.29) is 0 Å². The Morgan fingerprint density at radius 1 is 1.40 bits per heavy atom. The van der Waals surface area contributed by atoms with Crippen LogP contribution in [0.2, 0.25) is 0 Å². The molecule has 0 amide bonds. The third-order valence-electron chi connectivity index (χ3n) is 3.89. The quantitative estimate of drug-likeness (QED) is 0.755. The maximum absolute atomic E-state index is 5.90. The number of ether oxygens (including phenoxy) is 1. The fourth-order valence-electron chi connectivity index (χ4n) is 2.97. The molecular weight excluding hydrogens is 188 g/mol. The molecule has 3 heteroatoms. The molecule has 0 aromatic heterocycles. The second-order valence-electron chi connectivity index (χ2n) is 4.95. The molecule has 88 valence electrons. The number of likely N-dealkylation sites (tertiary alicyclic amines) is 1. The minimum Gasteiger partial charge on any atom is -0.376 e. The summed E-state index contributed by atoms with van der Waals surface area (Å²) in [6, 6.07) is 0.691. The summed E-state index contributed by atoms with van der Waals surface area (Å²) in [6.45, 7) is 6.85. The Kier molecular flexibility index (Phi) is 4.00. The molecule has 2 fully saturated rings. The van der Waals surface area contributed by atoms with Gasteiger partial charge in [-0.05, 0) is 38.8 Å². The average Bonchev–Trinajstić information content (AvgIpc) is 2.82. The van der Waals surface area contributed by atoms with E-state index in [1.165, 1.54) is 32.4 Å².